The van der Waals surface area contributed by atoms with Gasteiger partial charge in [-0.1, -0.05) is 91.0 Å². The molecule has 0 aliphatic heterocycles. The maximum Gasteiger partial charge on any atom is 0.407 e. The predicted molar refractivity (Wildman–Crippen MR) is 155 cm³/mol. The second-order valence-corrected chi connectivity index (χ2v) is 9.71. The van der Waals surface area contributed by atoms with Crippen molar-refractivity contribution >= 4 is 23.7 Å². The smallest absolute Gasteiger partial charge is 0.407 e. The number of carboxylic acid groups (broad SMARTS) is 1. The lowest BCUT2D eigenvalue weighted by Crippen LogP contribution is -2.44. The maximum absolute atomic E-state index is 13.2. The average molecular weight is 551 g/mol. The number of carbonyl (C=O) groups is 3. The zero-order valence-electron chi connectivity index (χ0n) is 22.3. The molecule has 1 atom stereocenters. The summed E-state index contributed by atoms with van der Waals surface area (Å²) in [6.07, 6.45) is -1.22. The molecule has 1 aliphatic rings. The van der Waals surface area contributed by atoms with Crippen molar-refractivity contribution in [1.82, 2.24) is 5.32 Å². The summed E-state index contributed by atoms with van der Waals surface area (Å²) < 4.78 is 11.5. The first-order valence-corrected chi connectivity index (χ1v) is 13.4. The first kappa shape index (κ1) is 27.5. The van der Waals surface area contributed by atoms with E-state index in [0.717, 1.165) is 27.8 Å². The Kier molecular flexibility index (Phi) is 8.59. The number of carbonyl (C=O) groups excluding carboxylic acids is 2. The molecule has 0 bridgehead atoms. The number of fused-ring (bicyclic) bond motifs is 3. The number of anilines is 1. The van der Waals surface area contributed by atoms with Crippen molar-refractivity contribution in [1.29, 1.82) is 0 Å². The van der Waals surface area contributed by atoms with Crippen LogP contribution >= 0.6 is 0 Å². The molecule has 4 aromatic rings. The molecule has 0 aromatic heterocycles. The van der Waals surface area contributed by atoms with E-state index in [9.17, 15) is 19.5 Å². The molecule has 208 valence electrons. The molecule has 3 N–H and O–H groups in total. The van der Waals surface area contributed by atoms with Gasteiger partial charge >= 0.3 is 12.1 Å². The fourth-order valence-electron chi connectivity index (χ4n) is 4.97. The second-order valence-electron chi connectivity index (χ2n) is 9.71. The zero-order chi connectivity index (χ0) is 28.6. The van der Waals surface area contributed by atoms with Gasteiger partial charge in [0.2, 0.25) is 5.91 Å². The van der Waals surface area contributed by atoms with E-state index in [1.807, 2.05) is 78.9 Å². The Hall–Kier alpha value is -5.11. The monoisotopic (exact) mass is 550 g/mol. The van der Waals surface area contributed by atoms with Gasteiger partial charge in [-0.05, 0) is 46.4 Å². The Bertz CT molecular complexity index is 1490. The highest BCUT2D eigenvalue weighted by molar-refractivity contribution is 5.97. The van der Waals surface area contributed by atoms with E-state index in [-0.39, 0.29) is 25.4 Å². The lowest BCUT2D eigenvalue weighted by Gasteiger charge is -2.20. The van der Waals surface area contributed by atoms with E-state index in [1.54, 1.807) is 24.3 Å². The van der Waals surface area contributed by atoms with Crippen LogP contribution in [0, 0.1) is 0 Å². The van der Waals surface area contributed by atoms with Gasteiger partial charge in [-0.25, -0.2) is 4.79 Å². The highest BCUT2D eigenvalue weighted by Crippen LogP contribution is 2.44. The molecule has 0 saturated carbocycles. The normalized spacial score (nSPS) is 12.5. The van der Waals surface area contributed by atoms with Gasteiger partial charge in [-0.3, -0.25) is 9.59 Å². The second kappa shape index (κ2) is 12.8. The van der Waals surface area contributed by atoms with E-state index in [1.165, 1.54) is 0 Å². The number of amides is 2. The lowest BCUT2D eigenvalue weighted by atomic mass is 9.98. The van der Waals surface area contributed by atoms with Crippen LogP contribution in [0.1, 0.15) is 35.4 Å². The van der Waals surface area contributed by atoms with Crippen LogP contribution in [0.15, 0.2) is 103 Å². The van der Waals surface area contributed by atoms with E-state index < -0.39 is 24.0 Å². The van der Waals surface area contributed by atoms with Crippen LogP contribution in [0.2, 0.25) is 0 Å². The quantitative estimate of drug-likeness (QED) is 0.212. The first-order valence-electron chi connectivity index (χ1n) is 13.4. The first-order chi connectivity index (χ1) is 20.0. The van der Waals surface area contributed by atoms with Crippen LogP contribution in [0.5, 0.6) is 5.75 Å². The van der Waals surface area contributed by atoms with Crippen LogP contribution in [0.25, 0.3) is 11.1 Å². The summed E-state index contributed by atoms with van der Waals surface area (Å²) >= 11 is 0. The van der Waals surface area contributed by atoms with Crippen LogP contribution in [-0.4, -0.2) is 35.7 Å². The fourth-order valence-corrected chi connectivity index (χ4v) is 4.97. The van der Waals surface area contributed by atoms with Crippen LogP contribution in [-0.2, 0) is 20.9 Å². The summed E-state index contributed by atoms with van der Waals surface area (Å²) in [6.45, 7) is 0.372. The molecular weight excluding hydrogens is 520 g/mol. The maximum atomic E-state index is 13.2. The van der Waals surface area contributed by atoms with Gasteiger partial charge < -0.3 is 25.2 Å². The van der Waals surface area contributed by atoms with Gasteiger partial charge in [0.15, 0.2) is 0 Å². The zero-order valence-corrected chi connectivity index (χ0v) is 22.3. The number of para-hydroxylation sites is 2. The molecule has 41 heavy (non-hydrogen) atoms. The molecule has 4 aromatic carbocycles. The summed E-state index contributed by atoms with van der Waals surface area (Å²) in [6, 6.07) is 31.4. The molecule has 1 unspecified atom stereocenters. The van der Waals surface area contributed by atoms with E-state index in [4.69, 9.17) is 9.47 Å². The fraction of sp³-hybridized carbons (Fsp3) is 0.182. The van der Waals surface area contributed by atoms with E-state index in [0.29, 0.717) is 18.0 Å². The van der Waals surface area contributed by atoms with E-state index in [2.05, 4.69) is 10.6 Å². The third kappa shape index (κ3) is 6.73. The molecular formula is C33H30N2O6. The summed E-state index contributed by atoms with van der Waals surface area (Å²) in [5, 5.41) is 14.6. The third-order valence-corrected chi connectivity index (χ3v) is 6.98. The largest absolute Gasteiger partial charge is 0.487 e. The number of rotatable bonds is 11. The summed E-state index contributed by atoms with van der Waals surface area (Å²) in [5.41, 5.74) is 5.70. The Labute approximate surface area is 237 Å². The van der Waals surface area contributed by atoms with Crippen molar-refractivity contribution in [2.75, 3.05) is 11.9 Å². The summed E-state index contributed by atoms with van der Waals surface area (Å²) in [5.74, 6) is -1.35. The molecule has 8 heteroatoms. The number of aliphatic carboxylic acids is 1. The Balaban J connectivity index is 1.24. The lowest BCUT2D eigenvalue weighted by molar-refractivity contribution is -0.137. The summed E-state index contributed by atoms with van der Waals surface area (Å²) in [7, 11) is 0. The number of hydrogen-bond acceptors (Lipinski definition) is 5. The van der Waals surface area contributed by atoms with Crippen molar-refractivity contribution in [2.24, 2.45) is 0 Å². The van der Waals surface area contributed by atoms with Crippen molar-refractivity contribution in [3.8, 4) is 16.9 Å². The SMILES string of the molecule is O=C(O)CCC(NC(=O)OCC1c2ccccc2-c2ccccc21)C(=O)Nc1ccccc1OCc1ccccc1. The van der Waals surface area contributed by atoms with Gasteiger partial charge in [0.25, 0.3) is 0 Å². The number of ether oxygens (including phenoxy) is 2. The average Bonchev–Trinajstić information content (AvgIpc) is 3.31. The van der Waals surface area contributed by atoms with Crippen molar-refractivity contribution in [2.45, 2.75) is 31.4 Å². The van der Waals surface area contributed by atoms with E-state index >= 15 is 0 Å². The van der Waals surface area contributed by atoms with Crippen molar-refractivity contribution < 1.29 is 29.0 Å². The standard InChI is InChI=1S/C33H30N2O6/c36-31(37)19-18-29(32(38)34-28-16-8-9-17-30(28)40-20-22-10-2-1-3-11-22)35-33(39)41-21-27-25-14-6-4-12-23(25)24-13-5-7-15-26(24)27/h1-17,27,29H,18-21H2,(H,34,38)(H,35,39)(H,36,37). The molecule has 8 nitrogen and oxygen atoms in total. The van der Waals surface area contributed by atoms with Crippen LogP contribution in [0.4, 0.5) is 10.5 Å². The Morgan fingerprint density at radius 3 is 2.07 bits per heavy atom. The number of benzene rings is 4. The highest BCUT2D eigenvalue weighted by Gasteiger charge is 2.30. The molecule has 0 radical (unpaired) electrons. The Morgan fingerprint density at radius 1 is 0.780 bits per heavy atom. The van der Waals surface area contributed by atoms with Crippen LogP contribution < -0.4 is 15.4 Å². The summed E-state index contributed by atoms with van der Waals surface area (Å²) in [4.78, 5) is 37.4. The topological polar surface area (TPSA) is 114 Å². The number of carboxylic acids is 1. The molecule has 5 rings (SSSR count). The van der Waals surface area contributed by atoms with Gasteiger partial charge in [0.1, 0.15) is 25.0 Å². The Morgan fingerprint density at radius 2 is 1.39 bits per heavy atom. The third-order valence-electron chi connectivity index (χ3n) is 6.98. The van der Waals surface area contributed by atoms with Crippen molar-refractivity contribution in [3.63, 3.8) is 0 Å². The molecule has 0 fully saturated rings. The van der Waals surface area contributed by atoms with Gasteiger partial charge in [0.05, 0.1) is 5.69 Å². The van der Waals surface area contributed by atoms with Gasteiger partial charge in [0, 0.05) is 12.3 Å². The number of alkyl carbamates (subject to hydrolysis) is 1. The van der Waals surface area contributed by atoms with Gasteiger partial charge in [-0.15, -0.1) is 0 Å². The minimum Gasteiger partial charge on any atom is -0.487 e. The number of hydrogen-bond donors (Lipinski definition) is 3. The number of nitrogens with one attached hydrogen (secondary N) is 2. The molecule has 2 amide bonds. The molecule has 0 spiro atoms. The minimum absolute atomic E-state index is 0.0727. The molecule has 1 aliphatic carbocycles. The van der Waals surface area contributed by atoms with Crippen molar-refractivity contribution in [3.05, 3.63) is 120 Å². The molecule has 0 heterocycles. The highest BCUT2D eigenvalue weighted by atomic mass is 16.5. The van der Waals surface area contributed by atoms with Gasteiger partial charge in [-0.2, -0.15) is 0 Å². The molecule has 0 saturated heterocycles. The van der Waals surface area contributed by atoms with Crippen LogP contribution in [0.3, 0.4) is 0 Å². The predicted octanol–water partition coefficient (Wildman–Crippen LogP) is 5.98. The minimum atomic E-state index is -1.14.